The number of aromatic amines is 1. The highest BCUT2D eigenvalue weighted by Gasteiger charge is 2.32. The predicted octanol–water partition coefficient (Wildman–Crippen LogP) is 1.68. The lowest BCUT2D eigenvalue weighted by molar-refractivity contribution is 0.0205. The van der Waals surface area contributed by atoms with E-state index < -0.39 is 0 Å². The molecule has 4 heterocycles. The first-order valence-electron chi connectivity index (χ1n) is 11.1. The van der Waals surface area contributed by atoms with Crippen LogP contribution < -0.4 is 5.56 Å². The van der Waals surface area contributed by atoms with Gasteiger partial charge in [0.2, 0.25) is 0 Å². The molecule has 2 fully saturated rings. The molecule has 0 radical (unpaired) electrons. The molecule has 2 saturated heterocycles. The number of nitrogens with zero attached hydrogens (tertiary/aromatic N) is 5. The van der Waals surface area contributed by atoms with Gasteiger partial charge in [-0.2, -0.15) is 0 Å². The quantitative estimate of drug-likeness (QED) is 0.643. The summed E-state index contributed by atoms with van der Waals surface area (Å²) in [6.45, 7) is 6.16. The van der Waals surface area contributed by atoms with Gasteiger partial charge in [-0.3, -0.25) is 9.69 Å². The number of nitrogens with one attached hydrogen (secondary N) is 1. The first kappa shape index (κ1) is 20.3. The van der Waals surface area contributed by atoms with Crippen LogP contribution >= 0.6 is 0 Å². The van der Waals surface area contributed by atoms with Crippen LogP contribution in [-0.2, 0) is 22.4 Å². The highest BCUT2D eigenvalue weighted by molar-refractivity contribution is 5.80. The molecule has 2 aliphatic rings. The molecule has 2 aromatic heterocycles. The zero-order chi connectivity index (χ0) is 21.2. The summed E-state index contributed by atoms with van der Waals surface area (Å²) >= 11 is 0. The van der Waals surface area contributed by atoms with Gasteiger partial charge in [0.1, 0.15) is 6.04 Å². The summed E-state index contributed by atoms with van der Waals surface area (Å²) in [5, 5.41) is 13.6. The van der Waals surface area contributed by atoms with Gasteiger partial charge in [0.05, 0.1) is 25.9 Å². The molecule has 1 N–H and O–H groups in total. The Morgan fingerprint density at radius 3 is 2.87 bits per heavy atom. The van der Waals surface area contributed by atoms with E-state index in [2.05, 4.69) is 44.5 Å². The summed E-state index contributed by atoms with van der Waals surface area (Å²) in [5.74, 6) is 0.675. The number of fused-ring (bicyclic) bond motifs is 1. The highest BCUT2D eigenvalue weighted by Crippen LogP contribution is 2.28. The summed E-state index contributed by atoms with van der Waals surface area (Å²) in [5.41, 5.74) is 2.62. The fourth-order valence-corrected chi connectivity index (χ4v) is 4.55. The maximum atomic E-state index is 13.2. The maximum absolute atomic E-state index is 13.2. The van der Waals surface area contributed by atoms with Gasteiger partial charge < -0.3 is 14.5 Å². The Bertz CT molecular complexity index is 1100. The highest BCUT2D eigenvalue weighted by atomic mass is 16.5. The molecule has 0 bridgehead atoms. The fraction of sp³-hybridized carbons (Fsp3) is 0.545. The van der Waals surface area contributed by atoms with Gasteiger partial charge in [-0.1, -0.05) is 13.0 Å². The van der Waals surface area contributed by atoms with E-state index in [9.17, 15) is 4.79 Å². The summed E-state index contributed by atoms with van der Waals surface area (Å²) in [4.78, 5) is 18.5. The summed E-state index contributed by atoms with van der Waals surface area (Å²) in [7, 11) is 0. The number of aryl methyl sites for hydroxylation is 1. The van der Waals surface area contributed by atoms with Crippen LogP contribution in [0.5, 0.6) is 0 Å². The van der Waals surface area contributed by atoms with Crippen LogP contribution in [0.15, 0.2) is 29.1 Å². The topological polar surface area (TPSA) is 98.2 Å². The van der Waals surface area contributed by atoms with E-state index in [0.717, 1.165) is 36.8 Å². The van der Waals surface area contributed by atoms with Gasteiger partial charge in [0, 0.05) is 30.8 Å². The van der Waals surface area contributed by atoms with Gasteiger partial charge in [-0.05, 0) is 58.8 Å². The lowest BCUT2D eigenvalue weighted by Crippen LogP contribution is -2.42. The van der Waals surface area contributed by atoms with Crippen molar-refractivity contribution in [1.82, 2.24) is 30.1 Å². The number of H-pyrrole nitrogens is 1. The molecular formula is C22H28N6O3. The molecule has 1 aromatic carbocycles. The average Bonchev–Trinajstić information content (AvgIpc) is 3.48. The third kappa shape index (κ3) is 4.13. The number of ether oxygens (including phenoxy) is 2. The normalized spacial score (nSPS) is 21.0. The number of hydrogen-bond donors (Lipinski definition) is 1. The van der Waals surface area contributed by atoms with Crippen LogP contribution in [0.2, 0.25) is 0 Å². The van der Waals surface area contributed by atoms with Crippen molar-refractivity contribution in [2.45, 2.75) is 44.9 Å². The van der Waals surface area contributed by atoms with Crippen molar-refractivity contribution in [3.05, 3.63) is 51.6 Å². The minimum atomic E-state index is -0.348. The molecule has 0 amide bonds. The van der Waals surface area contributed by atoms with Gasteiger partial charge in [-0.15, -0.1) is 5.10 Å². The van der Waals surface area contributed by atoms with E-state index in [-0.39, 0.29) is 17.7 Å². The Morgan fingerprint density at radius 1 is 1.23 bits per heavy atom. The van der Waals surface area contributed by atoms with Crippen molar-refractivity contribution in [1.29, 1.82) is 0 Å². The average molecular weight is 425 g/mol. The molecule has 0 unspecified atom stereocenters. The molecule has 164 valence electrons. The molecular weight excluding hydrogens is 396 g/mol. The minimum absolute atomic E-state index is 0.106. The van der Waals surface area contributed by atoms with Crippen LogP contribution in [0.1, 0.15) is 42.8 Å². The van der Waals surface area contributed by atoms with E-state index in [1.165, 1.54) is 5.56 Å². The second-order valence-electron chi connectivity index (χ2n) is 8.23. The fourth-order valence-electron chi connectivity index (χ4n) is 4.55. The SMILES string of the molecule is CCc1ccc2[nH]c(=O)c([C@H](c3nnnn3C[C@@H]3CCCO3)N3CCOCC3)cc2c1. The smallest absolute Gasteiger partial charge is 0.253 e. The van der Waals surface area contributed by atoms with Crippen molar-refractivity contribution in [2.75, 3.05) is 32.9 Å². The molecule has 3 aromatic rings. The number of rotatable bonds is 6. The largest absolute Gasteiger partial charge is 0.379 e. The van der Waals surface area contributed by atoms with Crippen molar-refractivity contribution >= 4 is 10.9 Å². The first-order valence-corrected chi connectivity index (χ1v) is 11.1. The molecule has 0 saturated carbocycles. The first-order chi connectivity index (χ1) is 15.2. The lowest BCUT2D eigenvalue weighted by Gasteiger charge is -2.33. The second-order valence-corrected chi connectivity index (χ2v) is 8.23. The summed E-state index contributed by atoms with van der Waals surface area (Å²) < 4.78 is 13.2. The minimum Gasteiger partial charge on any atom is -0.379 e. The molecule has 0 aliphatic carbocycles. The Morgan fingerprint density at radius 2 is 2.10 bits per heavy atom. The van der Waals surface area contributed by atoms with Crippen LogP contribution in [0.3, 0.4) is 0 Å². The molecule has 0 spiro atoms. The molecule has 2 atom stereocenters. The summed E-state index contributed by atoms with van der Waals surface area (Å²) in [6, 6.07) is 7.82. The number of tetrazole rings is 1. The number of pyridine rings is 1. The van der Waals surface area contributed by atoms with Crippen LogP contribution in [0, 0.1) is 0 Å². The van der Waals surface area contributed by atoms with Crippen molar-refractivity contribution in [3.8, 4) is 0 Å². The van der Waals surface area contributed by atoms with E-state index in [1.54, 1.807) is 0 Å². The molecule has 5 rings (SSSR count). The van der Waals surface area contributed by atoms with Crippen molar-refractivity contribution in [2.24, 2.45) is 0 Å². The Kier molecular flexibility index (Phi) is 5.80. The van der Waals surface area contributed by atoms with E-state index in [1.807, 2.05) is 16.8 Å². The number of hydrogen-bond acceptors (Lipinski definition) is 7. The number of morpholine rings is 1. The number of benzene rings is 1. The van der Waals surface area contributed by atoms with Gasteiger partial charge in [0.15, 0.2) is 5.82 Å². The number of aromatic nitrogens is 5. The monoisotopic (exact) mass is 424 g/mol. The van der Waals surface area contributed by atoms with Crippen molar-refractivity contribution in [3.63, 3.8) is 0 Å². The van der Waals surface area contributed by atoms with Crippen molar-refractivity contribution < 1.29 is 9.47 Å². The van der Waals surface area contributed by atoms with E-state index in [4.69, 9.17) is 9.47 Å². The van der Waals surface area contributed by atoms with Gasteiger partial charge >= 0.3 is 0 Å². The Balaban J connectivity index is 1.59. The van der Waals surface area contributed by atoms with Crippen LogP contribution in [0.25, 0.3) is 10.9 Å². The zero-order valence-electron chi connectivity index (χ0n) is 17.8. The van der Waals surface area contributed by atoms with Crippen LogP contribution in [0.4, 0.5) is 0 Å². The molecule has 31 heavy (non-hydrogen) atoms. The maximum Gasteiger partial charge on any atom is 0.253 e. The third-order valence-corrected chi connectivity index (χ3v) is 6.26. The lowest BCUT2D eigenvalue weighted by atomic mass is 10.0. The van der Waals surface area contributed by atoms with Crippen LogP contribution in [-0.4, -0.2) is 69.1 Å². The third-order valence-electron chi connectivity index (χ3n) is 6.26. The van der Waals surface area contributed by atoms with Gasteiger partial charge in [0.25, 0.3) is 5.56 Å². The zero-order valence-corrected chi connectivity index (χ0v) is 17.8. The van der Waals surface area contributed by atoms with E-state index in [0.29, 0.717) is 44.2 Å². The standard InChI is InChI=1S/C22H28N6O3/c1-2-15-5-6-19-16(12-15)13-18(22(29)23-19)20(27-7-10-30-11-8-27)21-24-25-26-28(21)14-17-4-3-9-31-17/h5-6,12-13,17,20H,2-4,7-11,14H2,1H3,(H,23,29)/t17-,20+/m0/s1. The molecule has 2 aliphatic heterocycles. The molecule has 9 nitrogen and oxygen atoms in total. The Labute approximate surface area is 180 Å². The predicted molar refractivity (Wildman–Crippen MR) is 115 cm³/mol. The second kappa shape index (κ2) is 8.86. The Hall–Kier alpha value is -2.62. The summed E-state index contributed by atoms with van der Waals surface area (Å²) in [6.07, 6.45) is 3.10. The van der Waals surface area contributed by atoms with Gasteiger partial charge in [-0.25, -0.2) is 4.68 Å². The molecule has 9 heteroatoms. The van der Waals surface area contributed by atoms with E-state index >= 15 is 0 Å².